The zero-order valence-electron chi connectivity index (χ0n) is 8.50. The van der Waals surface area contributed by atoms with E-state index in [1.165, 1.54) is 0 Å². The van der Waals surface area contributed by atoms with E-state index in [0.29, 0.717) is 13.2 Å². The summed E-state index contributed by atoms with van der Waals surface area (Å²) in [6, 6.07) is 7.79. The molecule has 0 spiro atoms. The lowest BCUT2D eigenvalue weighted by atomic mass is 10.3. The highest BCUT2D eigenvalue weighted by molar-refractivity contribution is 9.10. The lowest BCUT2D eigenvalue weighted by Gasteiger charge is -2.10. The van der Waals surface area contributed by atoms with E-state index in [2.05, 4.69) is 15.9 Å². The molecular formula is C11H15BrO2. The number of para-hydroxylation sites is 1. The molecular weight excluding hydrogens is 244 g/mol. The van der Waals surface area contributed by atoms with Crippen molar-refractivity contribution < 1.29 is 9.47 Å². The molecule has 0 aliphatic heterocycles. The zero-order chi connectivity index (χ0) is 10.4. The summed E-state index contributed by atoms with van der Waals surface area (Å²) in [5.41, 5.74) is 0. The second-order valence-corrected chi connectivity index (χ2v) is 4.05. The second kappa shape index (κ2) is 6.04. The van der Waals surface area contributed by atoms with E-state index in [-0.39, 0.29) is 6.10 Å². The monoisotopic (exact) mass is 258 g/mol. The number of halogens is 1. The number of ether oxygens (including phenoxy) is 2. The van der Waals surface area contributed by atoms with E-state index in [4.69, 9.17) is 9.47 Å². The topological polar surface area (TPSA) is 18.5 Å². The van der Waals surface area contributed by atoms with Crippen LogP contribution < -0.4 is 4.74 Å². The van der Waals surface area contributed by atoms with Crippen molar-refractivity contribution in [2.75, 3.05) is 13.2 Å². The Labute approximate surface area is 93.4 Å². The van der Waals surface area contributed by atoms with Gasteiger partial charge >= 0.3 is 0 Å². The highest BCUT2D eigenvalue weighted by Gasteiger charge is 1.99. The fraction of sp³-hybridized carbons (Fsp3) is 0.455. The standard InChI is InChI=1S/C11H15BrO2/c1-9(2)13-7-8-14-11-6-4-3-5-10(11)12/h3-6,9H,7-8H2,1-2H3. The fourth-order valence-corrected chi connectivity index (χ4v) is 1.40. The third-order valence-corrected chi connectivity index (χ3v) is 2.28. The van der Waals surface area contributed by atoms with Crippen LogP contribution in [0.5, 0.6) is 5.75 Å². The van der Waals surface area contributed by atoms with Crippen LogP contribution in [0.1, 0.15) is 13.8 Å². The Balaban J connectivity index is 2.28. The van der Waals surface area contributed by atoms with Crippen molar-refractivity contribution in [1.82, 2.24) is 0 Å². The van der Waals surface area contributed by atoms with Crippen molar-refractivity contribution in [3.05, 3.63) is 28.7 Å². The van der Waals surface area contributed by atoms with Crippen molar-refractivity contribution in [3.8, 4) is 5.75 Å². The lowest BCUT2D eigenvalue weighted by molar-refractivity contribution is 0.0551. The van der Waals surface area contributed by atoms with Gasteiger partial charge in [-0.3, -0.25) is 0 Å². The maximum absolute atomic E-state index is 5.52. The minimum atomic E-state index is 0.262. The van der Waals surface area contributed by atoms with Crippen LogP contribution in [0.25, 0.3) is 0 Å². The molecule has 0 N–H and O–H groups in total. The van der Waals surface area contributed by atoms with Crippen molar-refractivity contribution in [2.24, 2.45) is 0 Å². The molecule has 0 aromatic heterocycles. The highest BCUT2D eigenvalue weighted by Crippen LogP contribution is 2.23. The van der Waals surface area contributed by atoms with Crippen molar-refractivity contribution in [2.45, 2.75) is 20.0 Å². The first-order valence-corrected chi connectivity index (χ1v) is 5.48. The zero-order valence-corrected chi connectivity index (χ0v) is 10.1. The Morgan fingerprint density at radius 2 is 1.93 bits per heavy atom. The highest BCUT2D eigenvalue weighted by atomic mass is 79.9. The quantitative estimate of drug-likeness (QED) is 0.755. The van der Waals surface area contributed by atoms with Gasteiger partial charge in [0.1, 0.15) is 12.4 Å². The van der Waals surface area contributed by atoms with Crippen LogP contribution in [0.15, 0.2) is 28.7 Å². The molecule has 0 aliphatic carbocycles. The minimum absolute atomic E-state index is 0.262. The Bertz CT molecular complexity index is 274. The van der Waals surface area contributed by atoms with E-state index in [1.807, 2.05) is 38.1 Å². The molecule has 0 saturated carbocycles. The molecule has 2 nitrogen and oxygen atoms in total. The molecule has 0 aliphatic rings. The predicted octanol–water partition coefficient (Wildman–Crippen LogP) is 3.25. The number of hydrogen-bond acceptors (Lipinski definition) is 2. The van der Waals surface area contributed by atoms with Gasteiger partial charge in [-0.15, -0.1) is 0 Å². The van der Waals surface area contributed by atoms with Gasteiger partial charge in [0.25, 0.3) is 0 Å². The predicted molar refractivity (Wildman–Crippen MR) is 60.7 cm³/mol. The molecule has 1 aromatic rings. The van der Waals surface area contributed by atoms with E-state index in [9.17, 15) is 0 Å². The third-order valence-electron chi connectivity index (χ3n) is 1.63. The first-order chi connectivity index (χ1) is 6.70. The minimum Gasteiger partial charge on any atom is -0.490 e. The normalized spacial score (nSPS) is 10.6. The summed E-state index contributed by atoms with van der Waals surface area (Å²) in [6.07, 6.45) is 0.262. The van der Waals surface area contributed by atoms with Gasteiger partial charge < -0.3 is 9.47 Å². The Kier molecular flexibility index (Phi) is 4.98. The molecule has 0 unspecified atom stereocenters. The molecule has 0 atom stereocenters. The number of hydrogen-bond donors (Lipinski definition) is 0. The average molecular weight is 259 g/mol. The molecule has 0 saturated heterocycles. The number of benzene rings is 1. The van der Waals surface area contributed by atoms with E-state index < -0.39 is 0 Å². The molecule has 0 heterocycles. The van der Waals surface area contributed by atoms with Crippen LogP contribution in [0.3, 0.4) is 0 Å². The van der Waals surface area contributed by atoms with E-state index in [1.54, 1.807) is 0 Å². The molecule has 3 heteroatoms. The van der Waals surface area contributed by atoms with Gasteiger partial charge in [-0.1, -0.05) is 12.1 Å². The van der Waals surface area contributed by atoms with Gasteiger partial charge in [-0.05, 0) is 41.9 Å². The van der Waals surface area contributed by atoms with Crippen LogP contribution >= 0.6 is 15.9 Å². The van der Waals surface area contributed by atoms with Gasteiger partial charge in [0.15, 0.2) is 0 Å². The molecule has 0 fully saturated rings. The molecule has 78 valence electrons. The Hall–Kier alpha value is -0.540. The summed E-state index contributed by atoms with van der Waals surface area (Å²) in [5, 5.41) is 0. The summed E-state index contributed by atoms with van der Waals surface area (Å²) in [4.78, 5) is 0. The molecule has 1 aromatic carbocycles. The largest absolute Gasteiger partial charge is 0.490 e. The summed E-state index contributed by atoms with van der Waals surface area (Å²) >= 11 is 3.41. The first-order valence-electron chi connectivity index (χ1n) is 4.69. The first kappa shape index (κ1) is 11.5. The molecule has 14 heavy (non-hydrogen) atoms. The SMILES string of the molecule is CC(C)OCCOc1ccccc1Br. The van der Waals surface area contributed by atoms with Crippen molar-refractivity contribution in [3.63, 3.8) is 0 Å². The van der Waals surface area contributed by atoms with Crippen LogP contribution in [-0.4, -0.2) is 19.3 Å². The van der Waals surface area contributed by atoms with Gasteiger partial charge in [0.05, 0.1) is 17.2 Å². The van der Waals surface area contributed by atoms with Gasteiger partial charge in [-0.25, -0.2) is 0 Å². The summed E-state index contributed by atoms with van der Waals surface area (Å²) in [7, 11) is 0. The average Bonchev–Trinajstić information content (AvgIpc) is 2.15. The Morgan fingerprint density at radius 3 is 2.57 bits per heavy atom. The van der Waals surface area contributed by atoms with Gasteiger partial charge in [0, 0.05) is 0 Å². The summed E-state index contributed by atoms with van der Waals surface area (Å²) in [6.45, 7) is 5.23. The second-order valence-electron chi connectivity index (χ2n) is 3.20. The maximum Gasteiger partial charge on any atom is 0.133 e. The van der Waals surface area contributed by atoms with Crippen LogP contribution in [0, 0.1) is 0 Å². The Morgan fingerprint density at radius 1 is 1.21 bits per heavy atom. The lowest BCUT2D eigenvalue weighted by Crippen LogP contribution is -2.11. The molecule has 0 bridgehead atoms. The van der Waals surface area contributed by atoms with Crippen LogP contribution in [-0.2, 0) is 4.74 Å². The van der Waals surface area contributed by atoms with E-state index in [0.717, 1.165) is 10.2 Å². The maximum atomic E-state index is 5.52. The van der Waals surface area contributed by atoms with E-state index >= 15 is 0 Å². The van der Waals surface area contributed by atoms with Gasteiger partial charge in [-0.2, -0.15) is 0 Å². The summed E-state index contributed by atoms with van der Waals surface area (Å²) in [5.74, 6) is 0.861. The van der Waals surface area contributed by atoms with Gasteiger partial charge in [0.2, 0.25) is 0 Å². The fourth-order valence-electron chi connectivity index (χ4n) is 0.997. The van der Waals surface area contributed by atoms with Crippen molar-refractivity contribution in [1.29, 1.82) is 0 Å². The third kappa shape index (κ3) is 4.11. The molecule has 0 radical (unpaired) electrons. The summed E-state index contributed by atoms with van der Waals surface area (Å²) < 4.78 is 11.9. The smallest absolute Gasteiger partial charge is 0.133 e. The van der Waals surface area contributed by atoms with Crippen LogP contribution in [0.2, 0.25) is 0 Å². The van der Waals surface area contributed by atoms with Crippen LogP contribution in [0.4, 0.5) is 0 Å². The molecule has 0 amide bonds. The van der Waals surface area contributed by atoms with Crippen molar-refractivity contribution >= 4 is 15.9 Å². The number of rotatable bonds is 5. The molecule has 1 rings (SSSR count).